The zero-order chi connectivity index (χ0) is 17.0. The number of hydrogen-bond acceptors (Lipinski definition) is 4. The van der Waals surface area contributed by atoms with Crippen LogP contribution < -0.4 is 5.32 Å². The van der Waals surface area contributed by atoms with E-state index < -0.39 is 0 Å². The summed E-state index contributed by atoms with van der Waals surface area (Å²) >= 11 is 0. The maximum Gasteiger partial charge on any atom is 0.229 e. The van der Waals surface area contributed by atoms with Crippen molar-refractivity contribution in [3.63, 3.8) is 0 Å². The summed E-state index contributed by atoms with van der Waals surface area (Å²) in [4.78, 5) is 28.3. The molecular weight excluding hydrogens is 290 g/mol. The SMILES string of the molecule is CCC(C)CC(C(=O)Nc1ncnc2nc[nH]c12)C(C)(C)CC. The molecule has 0 bridgehead atoms. The van der Waals surface area contributed by atoms with Gasteiger partial charge in [-0.05, 0) is 17.8 Å². The van der Waals surface area contributed by atoms with Gasteiger partial charge in [-0.25, -0.2) is 15.0 Å². The Labute approximate surface area is 137 Å². The van der Waals surface area contributed by atoms with Gasteiger partial charge in [-0.15, -0.1) is 0 Å². The summed E-state index contributed by atoms with van der Waals surface area (Å²) in [5, 5.41) is 2.98. The van der Waals surface area contributed by atoms with Crippen LogP contribution >= 0.6 is 0 Å². The Kier molecular flexibility index (Phi) is 5.34. The highest BCUT2D eigenvalue weighted by atomic mass is 16.2. The minimum Gasteiger partial charge on any atom is -0.340 e. The fraction of sp³-hybridized carbons (Fsp3) is 0.647. The number of aromatic amines is 1. The smallest absolute Gasteiger partial charge is 0.229 e. The van der Waals surface area contributed by atoms with Gasteiger partial charge >= 0.3 is 0 Å². The van der Waals surface area contributed by atoms with E-state index in [1.165, 1.54) is 6.33 Å². The summed E-state index contributed by atoms with van der Waals surface area (Å²) in [6.45, 7) is 10.8. The van der Waals surface area contributed by atoms with Gasteiger partial charge in [0.2, 0.25) is 5.91 Å². The molecule has 6 nitrogen and oxygen atoms in total. The van der Waals surface area contributed by atoms with Crippen LogP contribution in [0.5, 0.6) is 0 Å². The number of anilines is 1. The highest BCUT2D eigenvalue weighted by molar-refractivity contribution is 5.98. The summed E-state index contributed by atoms with van der Waals surface area (Å²) in [7, 11) is 0. The highest BCUT2D eigenvalue weighted by Gasteiger charge is 2.35. The Balaban J connectivity index is 2.25. The molecule has 0 radical (unpaired) electrons. The molecule has 23 heavy (non-hydrogen) atoms. The van der Waals surface area contributed by atoms with E-state index in [2.05, 4.69) is 59.9 Å². The lowest BCUT2D eigenvalue weighted by atomic mass is 9.72. The van der Waals surface area contributed by atoms with E-state index in [9.17, 15) is 4.79 Å². The second-order valence-corrected chi connectivity index (χ2v) is 6.96. The minimum atomic E-state index is -0.0619. The molecule has 1 amide bonds. The summed E-state index contributed by atoms with van der Waals surface area (Å²) in [6.07, 6.45) is 5.88. The Morgan fingerprint density at radius 2 is 2.04 bits per heavy atom. The number of H-pyrrole nitrogens is 1. The number of nitrogens with one attached hydrogen (secondary N) is 2. The molecule has 0 aliphatic carbocycles. The van der Waals surface area contributed by atoms with Crippen molar-refractivity contribution < 1.29 is 4.79 Å². The van der Waals surface area contributed by atoms with E-state index in [1.54, 1.807) is 6.33 Å². The Morgan fingerprint density at radius 1 is 1.30 bits per heavy atom. The predicted molar refractivity (Wildman–Crippen MR) is 91.9 cm³/mol. The summed E-state index contributed by atoms with van der Waals surface area (Å²) in [6, 6.07) is 0. The van der Waals surface area contributed by atoms with E-state index in [0.29, 0.717) is 22.9 Å². The fourth-order valence-corrected chi connectivity index (χ4v) is 2.66. The van der Waals surface area contributed by atoms with Crippen molar-refractivity contribution in [2.75, 3.05) is 5.32 Å². The molecule has 0 saturated heterocycles. The number of rotatable bonds is 7. The van der Waals surface area contributed by atoms with Crippen LogP contribution in [0.15, 0.2) is 12.7 Å². The van der Waals surface area contributed by atoms with Crippen molar-refractivity contribution in [2.45, 2.75) is 53.9 Å². The first kappa shape index (κ1) is 17.4. The molecule has 0 aromatic carbocycles. The van der Waals surface area contributed by atoms with Gasteiger partial charge in [-0.1, -0.05) is 47.5 Å². The fourth-order valence-electron chi connectivity index (χ4n) is 2.66. The van der Waals surface area contributed by atoms with Crippen LogP contribution in [0.1, 0.15) is 53.9 Å². The zero-order valence-electron chi connectivity index (χ0n) is 14.7. The first-order valence-electron chi connectivity index (χ1n) is 8.34. The largest absolute Gasteiger partial charge is 0.340 e. The molecule has 2 unspecified atom stereocenters. The maximum atomic E-state index is 12.9. The molecule has 0 aliphatic rings. The second-order valence-electron chi connectivity index (χ2n) is 6.96. The van der Waals surface area contributed by atoms with Gasteiger partial charge in [0.1, 0.15) is 11.8 Å². The molecule has 6 heteroatoms. The second kappa shape index (κ2) is 7.06. The number of hydrogen-bond donors (Lipinski definition) is 2. The van der Waals surface area contributed by atoms with Crippen LogP contribution in [-0.2, 0) is 4.79 Å². The van der Waals surface area contributed by atoms with E-state index in [1.807, 2.05) is 0 Å². The number of fused-ring (bicyclic) bond motifs is 1. The average molecular weight is 317 g/mol. The van der Waals surface area contributed by atoms with E-state index in [0.717, 1.165) is 19.3 Å². The lowest BCUT2D eigenvalue weighted by Crippen LogP contribution is -2.36. The third-order valence-corrected chi connectivity index (χ3v) is 4.97. The van der Waals surface area contributed by atoms with Gasteiger partial charge in [0.25, 0.3) is 0 Å². The van der Waals surface area contributed by atoms with Gasteiger partial charge in [0, 0.05) is 5.92 Å². The number of nitrogens with zero attached hydrogens (tertiary/aromatic N) is 3. The molecule has 2 N–H and O–H groups in total. The summed E-state index contributed by atoms with van der Waals surface area (Å²) in [5.74, 6) is 0.967. The van der Waals surface area contributed by atoms with Crippen LogP contribution in [0.25, 0.3) is 11.2 Å². The molecule has 0 aliphatic heterocycles. The summed E-state index contributed by atoms with van der Waals surface area (Å²) < 4.78 is 0. The Morgan fingerprint density at radius 3 is 2.70 bits per heavy atom. The average Bonchev–Trinajstić information content (AvgIpc) is 3.01. The zero-order valence-corrected chi connectivity index (χ0v) is 14.7. The van der Waals surface area contributed by atoms with Crippen LogP contribution in [0, 0.1) is 17.3 Å². The maximum absolute atomic E-state index is 12.9. The van der Waals surface area contributed by atoms with Gasteiger partial charge in [0.05, 0.1) is 6.33 Å². The van der Waals surface area contributed by atoms with Crippen molar-refractivity contribution >= 4 is 22.9 Å². The third-order valence-electron chi connectivity index (χ3n) is 4.97. The number of carbonyl (C=O) groups excluding carboxylic acids is 1. The molecule has 0 saturated carbocycles. The number of aromatic nitrogens is 4. The van der Waals surface area contributed by atoms with Gasteiger partial charge in [-0.3, -0.25) is 4.79 Å². The highest BCUT2D eigenvalue weighted by Crippen LogP contribution is 2.36. The molecule has 2 atom stereocenters. The lowest BCUT2D eigenvalue weighted by Gasteiger charge is -2.34. The summed E-state index contributed by atoms with van der Waals surface area (Å²) in [5.41, 5.74) is 1.16. The Hall–Kier alpha value is -1.98. The monoisotopic (exact) mass is 317 g/mol. The van der Waals surface area contributed by atoms with Crippen LogP contribution in [0.3, 0.4) is 0 Å². The van der Waals surface area contributed by atoms with E-state index in [4.69, 9.17) is 0 Å². The van der Waals surface area contributed by atoms with Crippen LogP contribution in [0.4, 0.5) is 5.82 Å². The number of imidazole rings is 1. The predicted octanol–water partition coefficient (Wildman–Crippen LogP) is 3.78. The van der Waals surface area contributed by atoms with Crippen LogP contribution in [0.2, 0.25) is 0 Å². The van der Waals surface area contributed by atoms with Gasteiger partial charge < -0.3 is 10.3 Å². The van der Waals surface area contributed by atoms with Gasteiger partial charge in [0.15, 0.2) is 11.5 Å². The molecule has 2 aromatic rings. The van der Waals surface area contributed by atoms with Crippen molar-refractivity contribution in [1.29, 1.82) is 0 Å². The number of amides is 1. The van der Waals surface area contributed by atoms with Crippen molar-refractivity contribution in [2.24, 2.45) is 17.3 Å². The molecule has 0 spiro atoms. The lowest BCUT2D eigenvalue weighted by molar-refractivity contribution is -0.124. The normalized spacial score (nSPS) is 14.7. The van der Waals surface area contributed by atoms with E-state index >= 15 is 0 Å². The minimum absolute atomic E-state index is 0.0201. The molecule has 2 aromatic heterocycles. The standard InChI is InChI=1S/C17H27N5O/c1-6-11(3)8-12(17(4,5)7-2)16(23)22-15-13-14(19-9-18-13)20-10-21-15/h9-12H,6-8H2,1-5H3,(H2,18,19,20,21,22,23). The molecule has 2 rings (SSSR count). The molecular formula is C17H27N5O. The van der Waals surface area contributed by atoms with Gasteiger partial charge in [-0.2, -0.15) is 0 Å². The molecule has 0 fully saturated rings. The quantitative estimate of drug-likeness (QED) is 0.814. The Bertz CT molecular complexity index is 664. The van der Waals surface area contributed by atoms with Crippen molar-refractivity contribution in [3.8, 4) is 0 Å². The van der Waals surface area contributed by atoms with E-state index in [-0.39, 0.29) is 17.2 Å². The molecule has 2 heterocycles. The first-order chi connectivity index (χ1) is 10.9. The topological polar surface area (TPSA) is 83.6 Å². The van der Waals surface area contributed by atoms with Crippen molar-refractivity contribution in [3.05, 3.63) is 12.7 Å². The first-order valence-corrected chi connectivity index (χ1v) is 8.34. The van der Waals surface area contributed by atoms with Crippen molar-refractivity contribution in [1.82, 2.24) is 19.9 Å². The van der Waals surface area contributed by atoms with Crippen LogP contribution in [-0.4, -0.2) is 25.8 Å². The third kappa shape index (κ3) is 3.86. The molecule has 126 valence electrons. The number of carbonyl (C=O) groups is 1.